The van der Waals surface area contributed by atoms with E-state index in [0.717, 1.165) is 24.3 Å². The third-order valence-electron chi connectivity index (χ3n) is 5.11. The summed E-state index contributed by atoms with van der Waals surface area (Å²) in [5, 5.41) is 5.52. The van der Waals surface area contributed by atoms with Gasteiger partial charge in [0, 0.05) is 32.0 Å². The summed E-state index contributed by atoms with van der Waals surface area (Å²) < 4.78 is 2.08. The molecule has 1 aromatic carbocycles. The molecule has 1 fully saturated rings. The first-order chi connectivity index (χ1) is 13.1. The van der Waals surface area contributed by atoms with Gasteiger partial charge in [0.15, 0.2) is 0 Å². The lowest BCUT2D eigenvalue weighted by Crippen LogP contribution is -2.44. The Hall–Kier alpha value is -2.60. The van der Waals surface area contributed by atoms with E-state index in [1.165, 1.54) is 12.8 Å². The van der Waals surface area contributed by atoms with Crippen LogP contribution in [-0.2, 0) is 23.1 Å². The highest BCUT2D eigenvalue weighted by molar-refractivity contribution is 6.35. The highest BCUT2D eigenvalue weighted by Crippen LogP contribution is 2.24. The predicted molar refractivity (Wildman–Crippen MR) is 105 cm³/mol. The molecule has 0 radical (unpaired) electrons. The molecule has 0 unspecified atom stereocenters. The normalized spacial score (nSPS) is 15.4. The second-order valence-electron chi connectivity index (χ2n) is 7.00. The summed E-state index contributed by atoms with van der Waals surface area (Å²) in [6, 6.07) is 14.1. The number of carbonyl (C=O) groups excluding carboxylic acids is 2. The lowest BCUT2D eigenvalue weighted by atomic mass is 10.1. The molecule has 0 spiro atoms. The van der Waals surface area contributed by atoms with Gasteiger partial charge >= 0.3 is 11.8 Å². The van der Waals surface area contributed by atoms with E-state index < -0.39 is 11.8 Å². The molecule has 2 heterocycles. The van der Waals surface area contributed by atoms with Crippen molar-refractivity contribution in [1.82, 2.24) is 20.1 Å². The standard InChI is InChI=1S/C21H28N4O2/c1-24-13-7-10-18(24)19(25-14-5-6-15-25)16-23-21(27)20(26)22-12-11-17-8-3-2-4-9-17/h2-4,7-10,13,19H,5-6,11-12,14-16H2,1H3,(H,22,26)(H,23,27)/t19-/m1/s1. The summed E-state index contributed by atoms with van der Waals surface area (Å²) in [5.74, 6) is -1.14. The van der Waals surface area contributed by atoms with Gasteiger partial charge in [0.1, 0.15) is 0 Å². The SMILES string of the molecule is Cn1cccc1[C@@H](CNC(=O)C(=O)NCCc1ccccc1)N1CCCC1. The van der Waals surface area contributed by atoms with Crippen LogP contribution in [0.4, 0.5) is 0 Å². The number of carbonyl (C=O) groups is 2. The summed E-state index contributed by atoms with van der Waals surface area (Å²) in [6.45, 7) is 2.93. The molecular formula is C21H28N4O2. The monoisotopic (exact) mass is 368 g/mol. The van der Waals surface area contributed by atoms with Crippen molar-refractivity contribution in [3.63, 3.8) is 0 Å². The predicted octanol–water partition coefficient (Wildman–Crippen LogP) is 1.64. The molecule has 1 saturated heterocycles. The van der Waals surface area contributed by atoms with Crippen molar-refractivity contribution in [3.05, 3.63) is 59.9 Å². The molecule has 1 aliphatic heterocycles. The van der Waals surface area contributed by atoms with Gasteiger partial charge in [0.05, 0.1) is 6.04 Å². The number of likely N-dealkylation sites (tertiary alicyclic amines) is 1. The summed E-state index contributed by atoms with van der Waals surface area (Å²) in [4.78, 5) is 26.7. The Balaban J connectivity index is 1.49. The van der Waals surface area contributed by atoms with Gasteiger partial charge in [-0.25, -0.2) is 0 Å². The van der Waals surface area contributed by atoms with Crippen LogP contribution in [0, 0.1) is 0 Å². The van der Waals surface area contributed by atoms with Crippen LogP contribution in [0.1, 0.15) is 30.1 Å². The minimum absolute atomic E-state index is 0.0913. The van der Waals surface area contributed by atoms with E-state index >= 15 is 0 Å². The Morgan fingerprint density at radius 1 is 1.00 bits per heavy atom. The molecule has 0 saturated carbocycles. The van der Waals surface area contributed by atoms with Crippen LogP contribution in [0.25, 0.3) is 0 Å². The highest BCUT2D eigenvalue weighted by Gasteiger charge is 2.26. The quantitative estimate of drug-likeness (QED) is 0.730. The lowest BCUT2D eigenvalue weighted by molar-refractivity contribution is -0.139. The zero-order valence-corrected chi connectivity index (χ0v) is 15.9. The maximum atomic E-state index is 12.2. The third kappa shape index (κ3) is 5.20. The summed E-state index contributed by atoms with van der Waals surface area (Å²) >= 11 is 0. The fourth-order valence-electron chi connectivity index (χ4n) is 3.61. The van der Waals surface area contributed by atoms with Gasteiger partial charge in [-0.1, -0.05) is 30.3 Å². The van der Waals surface area contributed by atoms with Gasteiger partial charge < -0.3 is 15.2 Å². The van der Waals surface area contributed by atoms with Crippen LogP contribution in [-0.4, -0.2) is 47.5 Å². The number of hydrogen-bond donors (Lipinski definition) is 2. The van der Waals surface area contributed by atoms with Crippen molar-refractivity contribution in [1.29, 1.82) is 0 Å². The van der Waals surface area contributed by atoms with Gasteiger partial charge in [-0.15, -0.1) is 0 Å². The lowest BCUT2D eigenvalue weighted by Gasteiger charge is -2.28. The molecule has 27 heavy (non-hydrogen) atoms. The Labute approximate surface area is 160 Å². The molecule has 2 N–H and O–H groups in total. The van der Waals surface area contributed by atoms with Crippen LogP contribution in [0.15, 0.2) is 48.7 Å². The molecule has 2 aromatic rings. The number of hydrogen-bond acceptors (Lipinski definition) is 3. The van der Waals surface area contributed by atoms with Crippen molar-refractivity contribution >= 4 is 11.8 Å². The number of amides is 2. The fraction of sp³-hybridized carbons (Fsp3) is 0.429. The first-order valence-corrected chi connectivity index (χ1v) is 9.60. The molecule has 6 heteroatoms. The van der Waals surface area contributed by atoms with Gasteiger partial charge in [-0.2, -0.15) is 0 Å². The van der Waals surface area contributed by atoms with E-state index in [0.29, 0.717) is 19.5 Å². The highest BCUT2D eigenvalue weighted by atomic mass is 16.2. The Morgan fingerprint density at radius 2 is 1.70 bits per heavy atom. The molecule has 1 atom stereocenters. The average molecular weight is 368 g/mol. The molecule has 3 rings (SSSR count). The van der Waals surface area contributed by atoms with E-state index in [1.807, 2.05) is 49.6 Å². The maximum Gasteiger partial charge on any atom is 0.309 e. The number of nitrogens with zero attached hydrogens (tertiary/aromatic N) is 2. The van der Waals surface area contributed by atoms with E-state index in [9.17, 15) is 9.59 Å². The molecule has 2 amide bonds. The smallest absolute Gasteiger partial charge is 0.309 e. The van der Waals surface area contributed by atoms with Gasteiger partial charge in [0.2, 0.25) is 0 Å². The van der Waals surface area contributed by atoms with Crippen LogP contribution in [0.2, 0.25) is 0 Å². The number of aromatic nitrogens is 1. The van der Waals surface area contributed by atoms with Crippen molar-refractivity contribution in [2.75, 3.05) is 26.2 Å². The Morgan fingerprint density at radius 3 is 2.37 bits per heavy atom. The summed E-state index contributed by atoms with van der Waals surface area (Å²) in [5.41, 5.74) is 2.29. The summed E-state index contributed by atoms with van der Waals surface area (Å²) in [7, 11) is 2.01. The maximum absolute atomic E-state index is 12.2. The first-order valence-electron chi connectivity index (χ1n) is 9.60. The Kier molecular flexibility index (Phi) is 6.65. The zero-order valence-electron chi connectivity index (χ0n) is 15.9. The first kappa shape index (κ1) is 19.2. The van der Waals surface area contributed by atoms with Crippen molar-refractivity contribution in [2.24, 2.45) is 7.05 Å². The second kappa shape index (κ2) is 9.37. The Bertz CT molecular complexity index is 751. The molecule has 6 nitrogen and oxygen atoms in total. The molecule has 1 aliphatic rings. The van der Waals surface area contributed by atoms with Crippen molar-refractivity contribution in [2.45, 2.75) is 25.3 Å². The van der Waals surface area contributed by atoms with E-state index in [-0.39, 0.29) is 6.04 Å². The molecule has 1 aromatic heterocycles. The molecule has 0 bridgehead atoms. The van der Waals surface area contributed by atoms with Crippen molar-refractivity contribution < 1.29 is 9.59 Å². The van der Waals surface area contributed by atoms with E-state index in [1.54, 1.807) is 0 Å². The van der Waals surface area contributed by atoms with Gasteiger partial charge in [0.25, 0.3) is 0 Å². The van der Waals surface area contributed by atoms with Gasteiger partial charge in [-0.3, -0.25) is 14.5 Å². The average Bonchev–Trinajstić information content (AvgIpc) is 3.35. The van der Waals surface area contributed by atoms with Crippen LogP contribution >= 0.6 is 0 Å². The number of nitrogens with one attached hydrogen (secondary N) is 2. The van der Waals surface area contributed by atoms with Gasteiger partial charge in [-0.05, 0) is 50.0 Å². The number of benzene rings is 1. The van der Waals surface area contributed by atoms with Crippen LogP contribution in [0.3, 0.4) is 0 Å². The minimum Gasteiger partial charge on any atom is -0.353 e. The van der Waals surface area contributed by atoms with E-state index in [2.05, 4.69) is 26.2 Å². The fourth-order valence-corrected chi connectivity index (χ4v) is 3.61. The molecular weight excluding hydrogens is 340 g/mol. The largest absolute Gasteiger partial charge is 0.353 e. The number of rotatable bonds is 7. The van der Waals surface area contributed by atoms with Crippen molar-refractivity contribution in [3.8, 4) is 0 Å². The molecule has 144 valence electrons. The topological polar surface area (TPSA) is 66.4 Å². The van der Waals surface area contributed by atoms with E-state index in [4.69, 9.17) is 0 Å². The number of aryl methyl sites for hydroxylation is 1. The molecule has 0 aliphatic carbocycles. The zero-order chi connectivity index (χ0) is 19.1. The third-order valence-corrected chi connectivity index (χ3v) is 5.11. The van der Waals surface area contributed by atoms with Crippen LogP contribution in [0.5, 0.6) is 0 Å². The van der Waals surface area contributed by atoms with Crippen LogP contribution < -0.4 is 10.6 Å². The summed E-state index contributed by atoms with van der Waals surface area (Å²) in [6.07, 6.45) is 5.07. The second-order valence-corrected chi connectivity index (χ2v) is 7.00. The minimum atomic E-state index is -0.571.